The zero-order valence-corrected chi connectivity index (χ0v) is 33.5. The van der Waals surface area contributed by atoms with E-state index in [1.54, 1.807) is 0 Å². The molecule has 0 N–H and O–H groups in total. The second kappa shape index (κ2) is 15.3. The van der Waals surface area contributed by atoms with Crippen molar-refractivity contribution >= 4 is 74.5 Å². The summed E-state index contributed by atoms with van der Waals surface area (Å²) in [7, 11) is 0. The van der Waals surface area contributed by atoms with Gasteiger partial charge in [0.05, 0.1) is 8.22 Å². The van der Waals surface area contributed by atoms with Crippen molar-refractivity contribution in [1.29, 1.82) is 0 Å². The zero-order valence-electron chi connectivity index (χ0n) is 70.4. The molecule has 9 aromatic carbocycles. The van der Waals surface area contributed by atoms with Crippen LogP contribution >= 0.6 is 0 Å². The first-order valence-corrected chi connectivity index (χ1v) is 22.5. The molecule has 0 unspecified atom stereocenters. The van der Waals surface area contributed by atoms with Gasteiger partial charge in [-0.2, -0.15) is 0 Å². The van der Waals surface area contributed by atoms with Crippen LogP contribution in [0.3, 0.4) is 0 Å². The van der Waals surface area contributed by atoms with Gasteiger partial charge in [-0.15, -0.1) is 0 Å². The molecule has 63 heavy (non-hydrogen) atoms. The molecule has 296 valence electrons. The topological polar surface area (TPSA) is 35.6 Å². The number of hydrogen-bond acceptors (Lipinski definition) is 2. The van der Waals surface area contributed by atoms with Gasteiger partial charge in [0, 0.05) is 0 Å². The Bertz CT molecular complexity index is 5550. The summed E-state index contributed by atoms with van der Waals surface area (Å²) >= 11 is -7.66. The van der Waals surface area contributed by atoms with Gasteiger partial charge in [0.15, 0.2) is 0 Å². The van der Waals surface area contributed by atoms with E-state index in [-0.39, 0.29) is 0 Å². The predicted molar refractivity (Wildman–Crippen MR) is 265 cm³/mol. The van der Waals surface area contributed by atoms with Crippen molar-refractivity contribution in [2.24, 2.45) is 0 Å². The van der Waals surface area contributed by atoms with Crippen molar-refractivity contribution in [2.75, 3.05) is 0 Å². The van der Waals surface area contributed by atoms with Gasteiger partial charge < -0.3 is 0 Å². The number of benzene rings is 9. The van der Waals surface area contributed by atoms with E-state index >= 15 is 0 Å². The Balaban J connectivity index is 1.42. The van der Waals surface area contributed by atoms with Gasteiger partial charge >= 0.3 is 403 Å². The predicted octanol–water partition coefficient (Wildman–Crippen LogP) is 11.4. The fourth-order valence-electron chi connectivity index (χ4n) is 7.44. The SMILES string of the molecule is [2H]c1c([2H])c([2H])[c]([Ge]([c]2c([2H])c([2H])c([2H])c([2H])c2[2H])([c]2c([2H])c([2H])c([2H])c([2H])c2[2H])[c]2c([2H])c([2H])c([2H])c(-c3cc(-c4c([2H])c([2H])c([2H])c([2H])c4-n4c5c([2H])c([2H])c([2H])c([2H])c5c5c([2H])c([2H])c([2H])c([2H])c54)nc(-n4c5c([2H])c([2H])c([2H])c([2H])c5c5c([2H])c([2H])c([2H])c([2H])c54)n3)c2[2H])c([2H])c1[2H]. The van der Waals surface area contributed by atoms with Crippen LogP contribution in [0.25, 0.3) is 77.8 Å². The molecule has 3 aromatic heterocycles. The molecule has 0 spiro atoms. The van der Waals surface area contributed by atoms with E-state index in [1.165, 1.54) is 0 Å². The Morgan fingerprint density at radius 2 is 0.746 bits per heavy atom. The summed E-state index contributed by atoms with van der Waals surface area (Å²) in [5, 5.41) is -2.62. The molecular formula is C58H40GeN4. The molecule has 4 nitrogen and oxygen atoms in total. The van der Waals surface area contributed by atoms with Crippen LogP contribution in [0, 0.1) is 0 Å². The van der Waals surface area contributed by atoms with E-state index in [0.29, 0.717) is 15.2 Å². The summed E-state index contributed by atoms with van der Waals surface area (Å²) in [6.07, 6.45) is 0. The van der Waals surface area contributed by atoms with E-state index in [4.69, 9.17) is 32.4 Å². The summed E-state index contributed by atoms with van der Waals surface area (Å²) < 4.78 is 358. The van der Waals surface area contributed by atoms with Gasteiger partial charge in [-0.05, 0) is 0 Å². The van der Waals surface area contributed by atoms with E-state index in [1.807, 2.05) is 0 Å². The molecule has 0 atom stereocenters. The summed E-state index contributed by atoms with van der Waals surface area (Å²) in [4.78, 5) is 9.35. The summed E-state index contributed by atoms with van der Waals surface area (Å²) in [6.45, 7) is 0. The monoisotopic (exact) mass is 905 g/mol. The van der Waals surface area contributed by atoms with Crippen LogP contribution in [-0.2, 0) is 0 Å². The van der Waals surface area contributed by atoms with E-state index < -0.39 is 344 Å². The van der Waals surface area contributed by atoms with Crippen LogP contribution in [-0.4, -0.2) is 32.4 Å². The van der Waals surface area contributed by atoms with Crippen molar-refractivity contribution in [3.05, 3.63) is 242 Å². The van der Waals surface area contributed by atoms with Crippen molar-refractivity contribution in [3.63, 3.8) is 0 Å². The Hall–Kier alpha value is -7.80. The normalized spacial score (nSPS) is 20.5. The third-order valence-electron chi connectivity index (χ3n) is 10.0. The average Bonchev–Trinajstić information content (AvgIpc) is 0.832. The van der Waals surface area contributed by atoms with E-state index in [9.17, 15) is 26.0 Å². The number of fused-ring (bicyclic) bond motifs is 6. The number of rotatable bonds is 8. The molecule has 12 rings (SSSR count). The molecule has 0 saturated heterocycles. The average molecular weight is 905 g/mol. The van der Waals surface area contributed by atoms with E-state index in [0.717, 1.165) is 0 Å². The number of aromatic nitrogens is 4. The molecule has 3 heterocycles. The second-order valence-electron chi connectivity index (χ2n) is 13.2. The first kappa shape index (κ1) is 14.7. The van der Waals surface area contributed by atoms with Crippen LogP contribution in [0.5, 0.6) is 0 Å². The fraction of sp³-hybridized carbons (Fsp3) is 0. The standard InChI is InChI=1S/C58H40GeN4/c1-4-22-42(23-5-1)59(43-24-6-2-7-25-43,44-26-8-3-9-27-44)45-28-20-21-41(39-45)51-40-52(61-58(60-51)63-55-36-17-12-31-48(55)49-32-13-18-37-56(49)63)50-33-14-19-38-57(50)62-53-34-15-10-29-46(53)47-30-11-16-35-54(47)62/h1-40H/i1D,2D,3D,4D,5D,6D,7D,8D,9D,10D,11D,12D,13D,14D,15D,16D,17D,18D,19D,20D,21D,22D,23D,24D,25D,26D,27D,28D,29D,30D,31D,32D,33D,34D,35D,36D,37D,38D,39D. The second-order valence-corrected chi connectivity index (χ2v) is 20.6. The molecule has 0 bridgehead atoms. The van der Waals surface area contributed by atoms with Gasteiger partial charge in [-0.25, -0.2) is 0 Å². The maximum atomic E-state index is 10.7. The number of para-hydroxylation sites is 5. The first-order chi connectivity index (χ1) is 47.5. The summed E-state index contributed by atoms with van der Waals surface area (Å²) in [6, 6.07) is -45.2. The van der Waals surface area contributed by atoms with Crippen molar-refractivity contribution in [2.45, 2.75) is 0 Å². The quantitative estimate of drug-likeness (QED) is 0.142. The Kier molecular flexibility index (Phi) is 3.55. The molecule has 0 aliphatic heterocycles. The maximum absolute atomic E-state index is 10.7. The van der Waals surface area contributed by atoms with Crippen LogP contribution in [0.4, 0.5) is 0 Å². The molecule has 12 aromatic rings. The first-order valence-electron chi connectivity index (χ1n) is 37.8. The van der Waals surface area contributed by atoms with Crippen molar-refractivity contribution in [3.8, 4) is 34.2 Å². The van der Waals surface area contributed by atoms with Crippen LogP contribution in [0.1, 0.15) is 53.5 Å². The van der Waals surface area contributed by atoms with Crippen LogP contribution < -0.4 is 17.6 Å². The van der Waals surface area contributed by atoms with Crippen LogP contribution in [0.2, 0.25) is 0 Å². The number of hydrogen-bond donors (Lipinski definition) is 0. The molecule has 0 aliphatic rings. The van der Waals surface area contributed by atoms with Gasteiger partial charge in [0.2, 0.25) is 0 Å². The minimum atomic E-state index is -7.66. The molecule has 0 fully saturated rings. The fourth-order valence-corrected chi connectivity index (χ4v) is 14.9. The van der Waals surface area contributed by atoms with Crippen molar-refractivity contribution in [1.82, 2.24) is 19.1 Å². The third-order valence-corrected chi connectivity index (χ3v) is 18.4. The minimum absolute atomic E-state index is 0.606. The summed E-state index contributed by atoms with van der Waals surface area (Å²) in [5.74, 6) is -1.15. The van der Waals surface area contributed by atoms with Crippen LogP contribution in [0.15, 0.2) is 242 Å². The Morgan fingerprint density at radius 3 is 1.25 bits per heavy atom. The van der Waals surface area contributed by atoms with E-state index in [2.05, 4.69) is 4.98 Å². The molecule has 0 radical (unpaired) electrons. The van der Waals surface area contributed by atoms with Gasteiger partial charge in [-0.3, -0.25) is 0 Å². The number of nitrogens with zero attached hydrogens (tertiary/aromatic N) is 4. The third kappa shape index (κ3) is 5.98. The Labute approximate surface area is 423 Å². The zero-order chi connectivity index (χ0) is 75.7. The van der Waals surface area contributed by atoms with Gasteiger partial charge in [0.25, 0.3) is 0 Å². The molecule has 0 aliphatic carbocycles. The van der Waals surface area contributed by atoms with Gasteiger partial charge in [0.1, 0.15) is 0 Å². The molecule has 0 saturated carbocycles. The molecule has 0 amide bonds. The van der Waals surface area contributed by atoms with Crippen molar-refractivity contribution < 1.29 is 53.5 Å². The van der Waals surface area contributed by atoms with Gasteiger partial charge in [-0.1, -0.05) is 12.1 Å². The summed E-state index contributed by atoms with van der Waals surface area (Å²) in [5.41, 5.74) is -8.48. The Morgan fingerprint density at radius 1 is 0.349 bits per heavy atom. The molecular weight excluding hydrogens is 825 g/mol. The molecule has 5 heteroatoms.